The monoisotopic (exact) mass is 370 g/mol. The predicted molar refractivity (Wildman–Crippen MR) is 98.1 cm³/mol. The fourth-order valence-corrected chi connectivity index (χ4v) is 3.58. The minimum absolute atomic E-state index is 0.220. The van der Waals surface area contributed by atoms with E-state index in [-0.39, 0.29) is 5.92 Å². The average Bonchev–Trinajstić information content (AvgIpc) is 3.28. The van der Waals surface area contributed by atoms with Crippen LogP contribution < -0.4 is 5.32 Å². The van der Waals surface area contributed by atoms with Gasteiger partial charge < -0.3 is 19.8 Å². The second-order valence-corrected chi connectivity index (χ2v) is 6.79. The van der Waals surface area contributed by atoms with Crippen molar-refractivity contribution in [2.24, 2.45) is 0 Å². The first-order valence-electron chi connectivity index (χ1n) is 9.09. The molecule has 1 amide bonds. The van der Waals surface area contributed by atoms with E-state index in [9.17, 15) is 4.79 Å². The molecule has 9 heteroatoms. The van der Waals surface area contributed by atoms with Crippen LogP contribution in [0.3, 0.4) is 0 Å². The fourth-order valence-electron chi connectivity index (χ4n) is 3.58. The van der Waals surface area contributed by atoms with Crippen LogP contribution in [0, 0.1) is 6.92 Å². The van der Waals surface area contributed by atoms with Crippen LogP contribution in [0.4, 0.5) is 4.79 Å². The van der Waals surface area contributed by atoms with Crippen LogP contribution in [0.25, 0.3) is 16.9 Å². The maximum absolute atomic E-state index is 10.5. The molecule has 4 rings (SSSR count). The van der Waals surface area contributed by atoms with Crippen LogP contribution in [-0.2, 0) is 0 Å². The Labute approximate surface area is 156 Å². The van der Waals surface area contributed by atoms with E-state index < -0.39 is 6.09 Å². The number of hydrogen-bond donors (Lipinski definition) is 2. The van der Waals surface area contributed by atoms with Gasteiger partial charge in [-0.05, 0) is 44.1 Å². The molecule has 142 valence electrons. The largest absolute Gasteiger partial charge is 0.465 e. The normalized spacial score (nSPS) is 16.0. The summed E-state index contributed by atoms with van der Waals surface area (Å²) >= 11 is 0. The van der Waals surface area contributed by atoms with Gasteiger partial charge in [-0.3, -0.25) is 0 Å². The number of nitrogens with zero attached hydrogens (tertiary/aromatic N) is 5. The number of carbonyl (C=O) groups is 1. The third-order valence-corrected chi connectivity index (χ3v) is 5.03. The highest BCUT2D eigenvalue weighted by atomic mass is 16.5. The van der Waals surface area contributed by atoms with Crippen LogP contribution in [0.1, 0.15) is 30.3 Å². The number of likely N-dealkylation sites (tertiary alicyclic amines) is 1. The SMILES string of the molecule is Cc1nn(-c2noc(C3CCN(CCNC(=O)O)CC3)n2)c2ccccc12. The molecule has 3 heterocycles. The van der Waals surface area contributed by atoms with Crippen LogP contribution in [0.5, 0.6) is 0 Å². The number of amides is 1. The van der Waals surface area contributed by atoms with E-state index in [4.69, 9.17) is 9.63 Å². The molecule has 0 spiro atoms. The van der Waals surface area contributed by atoms with Crippen molar-refractivity contribution in [3.8, 4) is 5.95 Å². The van der Waals surface area contributed by atoms with Crippen molar-refractivity contribution < 1.29 is 14.4 Å². The summed E-state index contributed by atoms with van der Waals surface area (Å²) in [4.78, 5) is 17.4. The van der Waals surface area contributed by atoms with Crippen molar-refractivity contribution in [2.45, 2.75) is 25.7 Å². The zero-order chi connectivity index (χ0) is 18.8. The maximum Gasteiger partial charge on any atom is 0.404 e. The van der Waals surface area contributed by atoms with Gasteiger partial charge in [0.05, 0.1) is 11.2 Å². The summed E-state index contributed by atoms with van der Waals surface area (Å²) in [7, 11) is 0. The lowest BCUT2D eigenvalue weighted by molar-refractivity contribution is 0.180. The standard InChI is InChI=1S/C18H22N6O3/c1-12-14-4-2-3-5-15(14)24(21-12)17-20-16(27-22-17)13-6-9-23(10-7-13)11-8-19-18(25)26/h2-5,13,19H,6-11H2,1H3,(H,25,26). The highest BCUT2D eigenvalue weighted by molar-refractivity contribution is 5.82. The van der Waals surface area contributed by atoms with E-state index in [2.05, 4.69) is 25.5 Å². The van der Waals surface area contributed by atoms with E-state index in [1.54, 1.807) is 4.68 Å². The number of carboxylic acid groups (broad SMARTS) is 1. The Hall–Kier alpha value is -2.94. The lowest BCUT2D eigenvalue weighted by Crippen LogP contribution is -2.38. The number of rotatable bonds is 5. The van der Waals surface area contributed by atoms with Crippen molar-refractivity contribution in [1.29, 1.82) is 0 Å². The molecule has 0 saturated carbocycles. The molecular formula is C18H22N6O3. The van der Waals surface area contributed by atoms with E-state index in [1.807, 2.05) is 31.2 Å². The molecule has 3 aromatic rings. The second-order valence-electron chi connectivity index (χ2n) is 6.79. The van der Waals surface area contributed by atoms with Gasteiger partial charge in [-0.25, -0.2) is 4.79 Å². The lowest BCUT2D eigenvalue weighted by Gasteiger charge is -2.30. The molecule has 9 nitrogen and oxygen atoms in total. The van der Waals surface area contributed by atoms with Crippen LogP contribution >= 0.6 is 0 Å². The summed E-state index contributed by atoms with van der Waals surface area (Å²) in [6.45, 7) is 4.89. The van der Waals surface area contributed by atoms with Crippen molar-refractivity contribution in [3.05, 3.63) is 35.9 Å². The maximum atomic E-state index is 10.5. The van der Waals surface area contributed by atoms with Gasteiger partial charge in [0.15, 0.2) is 0 Å². The van der Waals surface area contributed by atoms with Crippen LogP contribution in [0.2, 0.25) is 0 Å². The summed E-state index contributed by atoms with van der Waals surface area (Å²) < 4.78 is 7.26. The fraction of sp³-hybridized carbons (Fsp3) is 0.444. The summed E-state index contributed by atoms with van der Waals surface area (Å²) in [5.41, 5.74) is 1.89. The average molecular weight is 370 g/mol. The molecule has 1 fully saturated rings. The Morgan fingerprint density at radius 1 is 1.33 bits per heavy atom. The number of nitrogens with one attached hydrogen (secondary N) is 1. The number of fused-ring (bicyclic) bond motifs is 1. The van der Waals surface area contributed by atoms with E-state index in [1.165, 1.54) is 0 Å². The van der Waals surface area contributed by atoms with Gasteiger partial charge in [0, 0.05) is 24.4 Å². The first kappa shape index (κ1) is 17.5. The van der Waals surface area contributed by atoms with Gasteiger partial charge in [0.25, 0.3) is 5.95 Å². The molecule has 1 aromatic carbocycles. The predicted octanol–water partition coefficient (Wildman–Crippen LogP) is 2.16. The molecule has 0 unspecified atom stereocenters. The highest BCUT2D eigenvalue weighted by Gasteiger charge is 2.26. The molecule has 2 N–H and O–H groups in total. The molecule has 27 heavy (non-hydrogen) atoms. The Morgan fingerprint density at radius 3 is 2.89 bits per heavy atom. The molecule has 1 saturated heterocycles. The van der Waals surface area contributed by atoms with Gasteiger partial charge >= 0.3 is 6.09 Å². The molecule has 1 aliphatic heterocycles. The van der Waals surface area contributed by atoms with Gasteiger partial charge in [-0.1, -0.05) is 18.2 Å². The molecule has 0 radical (unpaired) electrons. The molecular weight excluding hydrogens is 348 g/mol. The zero-order valence-electron chi connectivity index (χ0n) is 15.1. The van der Waals surface area contributed by atoms with Crippen LogP contribution in [0.15, 0.2) is 28.8 Å². The number of piperidine rings is 1. The smallest absolute Gasteiger partial charge is 0.404 e. The number of aromatic nitrogens is 4. The number of benzene rings is 1. The first-order valence-corrected chi connectivity index (χ1v) is 9.09. The summed E-state index contributed by atoms with van der Waals surface area (Å²) in [6.07, 6.45) is 0.839. The topological polar surface area (TPSA) is 109 Å². The molecule has 0 aliphatic carbocycles. The molecule has 0 atom stereocenters. The Balaban J connectivity index is 1.42. The number of para-hydroxylation sites is 1. The first-order chi connectivity index (χ1) is 13.1. The minimum Gasteiger partial charge on any atom is -0.465 e. The summed E-state index contributed by atoms with van der Waals surface area (Å²) in [5.74, 6) is 1.32. The van der Waals surface area contributed by atoms with Crippen molar-refractivity contribution in [3.63, 3.8) is 0 Å². The van der Waals surface area contributed by atoms with Gasteiger partial charge in [-0.2, -0.15) is 14.8 Å². The van der Waals surface area contributed by atoms with Gasteiger partial charge in [-0.15, -0.1) is 0 Å². The number of aryl methyl sites for hydroxylation is 1. The van der Waals surface area contributed by atoms with Crippen molar-refractivity contribution in [2.75, 3.05) is 26.2 Å². The van der Waals surface area contributed by atoms with Gasteiger partial charge in [0.1, 0.15) is 0 Å². The van der Waals surface area contributed by atoms with E-state index in [0.717, 1.165) is 42.5 Å². The Kier molecular flexibility index (Phi) is 4.76. The summed E-state index contributed by atoms with van der Waals surface area (Å²) in [5, 5.41) is 20.8. The zero-order valence-corrected chi connectivity index (χ0v) is 15.1. The van der Waals surface area contributed by atoms with Crippen molar-refractivity contribution >= 4 is 17.0 Å². The highest BCUT2D eigenvalue weighted by Crippen LogP contribution is 2.28. The van der Waals surface area contributed by atoms with Crippen molar-refractivity contribution in [1.82, 2.24) is 30.1 Å². The Bertz CT molecular complexity index is 942. The molecule has 1 aliphatic rings. The lowest BCUT2D eigenvalue weighted by atomic mass is 9.97. The third kappa shape index (κ3) is 3.63. The third-order valence-electron chi connectivity index (χ3n) is 5.03. The second kappa shape index (κ2) is 7.36. The van der Waals surface area contributed by atoms with E-state index in [0.29, 0.717) is 24.9 Å². The molecule has 2 aromatic heterocycles. The minimum atomic E-state index is -0.982. The Morgan fingerprint density at radius 2 is 2.11 bits per heavy atom. The quantitative estimate of drug-likeness (QED) is 0.708. The molecule has 0 bridgehead atoms. The van der Waals surface area contributed by atoms with E-state index >= 15 is 0 Å². The number of hydrogen-bond acceptors (Lipinski definition) is 6. The van der Waals surface area contributed by atoms with Gasteiger partial charge in [0.2, 0.25) is 5.89 Å². The summed E-state index contributed by atoms with van der Waals surface area (Å²) in [6, 6.07) is 7.98. The van der Waals surface area contributed by atoms with Crippen LogP contribution in [-0.4, -0.2) is 62.2 Å².